The summed E-state index contributed by atoms with van der Waals surface area (Å²) >= 11 is 0. The first-order valence-corrected chi connectivity index (χ1v) is 8.75. The van der Waals surface area contributed by atoms with Gasteiger partial charge < -0.3 is 15.8 Å². The van der Waals surface area contributed by atoms with Gasteiger partial charge in [0.2, 0.25) is 0 Å². The van der Waals surface area contributed by atoms with Crippen LogP contribution in [-0.4, -0.2) is 27.8 Å². The molecule has 0 amide bonds. The van der Waals surface area contributed by atoms with Crippen molar-refractivity contribution in [1.82, 2.24) is 9.78 Å². The minimum atomic E-state index is -0.281. The topological polar surface area (TPSA) is 82.2 Å². The number of aryl methyl sites for hydroxylation is 1. The summed E-state index contributed by atoms with van der Waals surface area (Å²) in [5, 5.41) is 7.89. The van der Waals surface area contributed by atoms with E-state index >= 15 is 0 Å². The highest BCUT2D eigenvalue weighted by atomic mass is 16.5. The largest absolute Gasteiger partial charge is 0.385 e. The fourth-order valence-electron chi connectivity index (χ4n) is 3.85. The van der Waals surface area contributed by atoms with Crippen LogP contribution in [0.25, 0.3) is 0 Å². The quantitative estimate of drug-likeness (QED) is 0.834. The fraction of sp³-hybridized carbons (Fsp3) is 0.474. The summed E-state index contributed by atoms with van der Waals surface area (Å²) in [4.78, 5) is 13.2. The number of hydrogen-bond donors (Lipinski definition) is 2. The average molecular weight is 340 g/mol. The molecule has 1 atom stereocenters. The Hall–Kier alpha value is -2.34. The monoisotopic (exact) mass is 340 g/mol. The van der Waals surface area contributed by atoms with E-state index in [2.05, 4.69) is 23.4 Å². The van der Waals surface area contributed by atoms with E-state index in [9.17, 15) is 4.79 Å². The molecule has 6 heteroatoms. The number of benzene rings is 1. The smallest absolute Gasteiger partial charge is 0.256 e. The predicted octanol–water partition coefficient (Wildman–Crippen LogP) is 2.86. The zero-order chi connectivity index (χ0) is 17.8. The van der Waals surface area contributed by atoms with E-state index in [1.165, 1.54) is 4.68 Å². The molecule has 2 aromatic rings. The van der Waals surface area contributed by atoms with Crippen LogP contribution in [0.2, 0.25) is 0 Å². The van der Waals surface area contributed by atoms with Gasteiger partial charge in [0.1, 0.15) is 5.82 Å². The van der Waals surface area contributed by atoms with E-state index in [0.29, 0.717) is 18.8 Å². The number of nitrogens with one attached hydrogen (secondary N) is 1. The van der Waals surface area contributed by atoms with Crippen molar-refractivity contribution in [2.45, 2.75) is 51.7 Å². The molecule has 0 saturated carbocycles. The lowest BCUT2D eigenvalue weighted by molar-refractivity contribution is -0.0413. The Morgan fingerprint density at radius 1 is 1.44 bits per heavy atom. The van der Waals surface area contributed by atoms with Crippen LogP contribution < -0.4 is 11.1 Å². The van der Waals surface area contributed by atoms with Gasteiger partial charge in [-0.05, 0) is 38.3 Å². The molecule has 1 aromatic heterocycles. The van der Waals surface area contributed by atoms with Crippen LogP contribution in [0, 0.1) is 6.92 Å². The van der Waals surface area contributed by atoms with Crippen molar-refractivity contribution in [3.63, 3.8) is 0 Å². The molecule has 0 aliphatic carbocycles. The molecule has 0 bridgehead atoms. The van der Waals surface area contributed by atoms with E-state index < -0.39 is 0 Å². The van der Waals surface area contributed by atoms with Gasteiger partial charge in [-0.15, -0.1) is 0 Å². The Balaban J connectivity index is 1.72. The second kappa shape index (κ2) is 5.59. The Bertz CT molecular complexity index is 853. The van der Waals surface area contributed by atoms with Gasteiger partial charge in [0.25, 0.3) is 5.91 Å². The summed E-state index contributed by atoms with van der Waals surface area (Å²) in [7, 11) is 0. The van der Waals surface area contributed by atoms with Gasteiger partial charge in [0.15, 0.2) is 0 Å². The van der Waals surface area contributed by atoms with Crippen LogP contribution in [0.3, 0.4) is 0 Å². The summed E-state index contributed by atoms with van der Waals surface area (Å²) in [6.07, 6.45) is 1.41. The fourth-order valence-corrected chi connectivity index (χ4v) is 3.85. The lowest BCUT2D eigenvalue weighted by Crippen LogP contribution is -2.31. The maximum Gasteiger partial charge on any atom is 0.256 e. The number of nitrogen functional groups attached to an aromatic ring is 1. The second-order valence-electron chi connectivity index (χ2n) is 7.59. The van der Waals surface area contributed by atoms with E-state index in [1.54, 1.807) is 0 Å². The number of nitrogens with two attached hydrogens (primary N) is 1. The van der Waals surface area contributed by atoms with Crippen molar-refractivity contribution in [3.8, 4) is 0 Å². The summed E-state index contributed by atoms with van der Waals surface area (Å²) in [5.41, 5.74) is 11.0. The molecule has 3 heterocycles. The van der Waals surface area contributed by atoms with Crippen LogP contribution >= 0.6 is 0 Å². The van der Waals surface area contributed by atoms with Crippen molar-refractivity contribution in [3.05, 3.63) is 40.6 Å². The number of nitrogens with zero attached hydrogens (tertiary/aromatic N) is 2. The van der Waals surface area contributed by atoms with Crippen molar-refractivity contribution >= 4 is 17.4 Å². The highest BCUT2D eigenvalue weighted by molar-refractivity contribution is 5.90. The second-order valence-corrected chi connectivity index (χ2v) is 7.59. The Kier molecular flexibility index (Phi) is 3.61. The molecule has 1 unspecified atom stereocenters. The summed E-state index contributed by atoms with van der Waals surface area (Å²) in [6, 6.07) is 6.07. The molecule has 0 fully saturated rings. The minimum absolute atomic E-state index is 0.0574. The Labute approximate surface area is 147 Å². The van der Waals surface area contributed by atoms with Crippen LogP contribution in [-0.2, 0) is 17.8 Å². The molecule has 0 spiro atoms. The number of aromatic nitrogens is 2. The molecule has 4 rings (SSSR count). The first-order valence-electron chi connectivity index (χ1n) is 8.75. The van der Waals surface area contributed by atoms with E-state index in [0.717, 1.165) is 41.0 Å². The third-order valence-electron chi connectivity index (χ3n) is 5.23. The van der Waals surface area contributed by atoms with Gasteiger partial charge in [-0.25, -0.2) is 0 Å². The zero-order valence-electron chi connectivity index (χ0n) is 14.9. The van der Waals surface area contributed by atoms with Crippen LogP contribution in [0.15, 0.2) is 18.2 Å². The van der Waals surface area contributed by atoms with Gasteiger partial charge >= 0.3 is 0 Å². The molecular formula is C19H24N4O2. The number of rotatable bonds is 1. The third kappa shape index (κ3) is 2.61. The Morgan fingerprint density at radius 2 is 2.24 bits per heavy atom. The van der Waals surface area contributed by atoms with Gasteiger partial charge in [-0.3, -0.25) is 4.79 Å². The normalized spacial score (nSPS) is 21.2. The number of carbonyl (C=O) groups is 1. The molecular weight excluding hydrogens is 316 g/mol. The van der Waals surface area contributed by atoms with Crippen molar-refractivity contribution in [1.29, 1.82) is 0 Å². The van der Waals surface area contributed by atoms with Gasteiger partial charge in [-0.1, -0.05) is 18.2 Å². The van der Waals surface area contributed by atoms with E-state index in [4.69, 9.17) is 10.5 Å². The van der Waals surface area contributed by atoms with E-state index in [-0.39, 0.29) is 17.4 Å². The Morgan fingerprint density at radius 3 is 3.04 bits per heavy atom. The van der Waals surface area contributed by atoms with Gasteiger partial charge in [0, 0.05) is 24.2 Å². The summed E-state index contributed by atoms with van der Waals surface area (Å²) in [6.45, 7) is 7.28. The molecule has 132 valence electrons. The molecule has 0 saturated heterocycles. The third-order valence-corrected chi connectivity index (χ3v) is 5.23. The highest BCUT2D eigenvalue weighted by Gasteiger charge is 2.35. The number of fused-ring (bicyclic) bond motifs is 2. The first kappa shape index (κ1) is 16.1. The highest BCUT2D eigenvalue weighted by Crippen LogP contribution is 2.37. The molecule has 25 heavy (non-hydrogen) atoms. The number of ether oxygens (including phenoxy) is 1. The van der Waals surface area contributed by atoms with Crippen molar-refractivity contribution in [2.75, 3.05) is 17.6 Å². The summed E-state index contributed by atoms with van der Waals surface area (Å²) in [5.74, 6) is 0.177. The zero-order valence-corrected chi connectivity index (χ0v) is 14.9. The maximum absolute atomic E-state index is 13.2. The average Bonchev–Trinajstić information content (AvgIpc) is 2.90. The summed E-state index contributed by atoms with van der Waals surface area (Å²) < 4.78 is 7.20. The van der Waals surface area contributed by atoms with Gasteiger partial charge in [-0.2, -0.15) is 9.78 Å². The van der Waals surface area contributed by atoms with Crippen LogP contribution in [0.1, 0.15) is 53.4 Å². The van der Waals surface area contributed by atoms with Crippen molar-refractivity contribution < 1.29 is 9.53 Å². The molecule has 1 aromatic carbocycles. The number of para-hydroxylation sites is 1. The van der Waals surface area contributed by atoms with E-state index in [1.807, 2.05) is 26.0 Å². The first-order chi connectivity index (χ1) is 11.9. The number of carbonyl (C=O) groups excluding carboxylic acids is 1. The minimum Gasteiger partial charge on any atom is -0.385 e. The molecule has 2 aliphatic heterocycles. The van der Waals surface area contributed by atoms with Crippen LogP contribution in [0.5, 0.6) is 0 Å². The lowest BCUT2D eigenvalue weighted by Gasteiger charge is -2.29. The standard InChI is InChI=1S/C19H24N4O2/c1-11-5-4-6-12-13(7-8-21-16(11)12)18(24)23-17(20)14-9-19(2,3)25-10-15(14)22-23/h4-6,13,21H,7-10,20H2,1-3H3. The maximum atomic E-state index is 13.2. The molecule has 0 radical (unpaired) electrons. The lowest BCUT2D eigenvalue weighted by atomic mass is 9.88. The van der Waals surface area contributed by atoms with Crippen LogP contribution in [0.4, 0.5) is 11.5 Å². The molecule has 6 nitrogen and oxygen atoms in total. The SMILES string of the molecule is Cc1cccc2c1NCCC2C(=O)n1nc2c(c1N)CC(C)(C)OC2. The van der Waals surface area contributed by atoms with Gasteiger partial charge in [0.05, 0.1) is 23.8 Å². The number of hydrogen-bond acceptors (Lipinski definition) is 5. The van der Waals surface area contributed by atoms with Crippen molar-refractivity contribution in [2.24, 2.45) is 0 Å². The molecule has 3 N–H and O–H groups in total. The number of anilines is 2. The molecule has 2 aliphatic rings. The predicted molar refractivity (Wildman–Crippen MR) is 96.9 cm³/mol.